The number of hydrogen-bond acceptors (Lipinski definition) is 27. The monoisotopic (exact) mass is 1970 g/mol. The molecule has 0 radical (unpaired) electrons. The molecule has 146 heavy (non-hydrogen) atoms. The van der Waals surface area contributed by atoms with Gasteiger partial charge in [-0.15, -0.1) is 11.3 Å². The van der Waals surface area contributed by atoms with E-state index in [0.717, 1.165) is 222 Å². The van der Waals surface area contributed by atoms with Gasteiger partial charge in [0.1, 0.15) is 39.7 Å². The number of fused-ring (bicyclic) bond motifs is 10. The van der Waals surface area contributed by atoms with Crippen molar-refractivity contribution in [2.45, 2.75) is 94.4 Å². The van der Waals surface area contributed by atoms with Crippen molar-refractivity contribution in [2.75, 3.05) is 118 Å². The van der Waals surface area contributed by atoms with Gasteiger partial charge in [-0.25, -0.2) is 48.4 Å². The van der Waals surface area contributed by atoms with Gasteiger partial charge in [-0.1, -0.05) is 44.2 Å². The van der Waals surface area contributed by atoms with Crippen molar-refractivity contribution in [1.82, 2.24) is 126 Å². The minimum Gasteiger partial charge on any atom is -0.493 e. The summed E-state index contributed by atoms with van der Waals surface area (Å²) in [5.74, 6) is 3.00. The first-order valence-electron chi connectivity index (χ1n) is 49.6. The summed E-state index contributed by atoms with van der Waals surface area (Å²) in [4.78, 5) is 120. The Morgan fingerprint density at radius 3 is 1.32 bits per heavy atom. The topological polar surface area (TPSA) is 344 Å². The molecule has 0 spiro atoms. The minimum atomic E-state index is -0.173. The first kappa shape index (κ1) is 96.2. The van der Waals surface area contributed by atoms with Crippen LogP contribution in [0.5, 0.6) is 11.5 Å². The molecule has 19 aromatic rings. The summed E-state index contributed by atoms with van der Waals surface area (Å²) >= 11 is 1.68. The fourth-order valence-corrected chi connectivity index (χ4v) is 21.0. The molecule has 34 nitrogen and oxygen atoms in total. The number of benzene rings is 2. The zero-order valence-corrected chi connectivity index (χ0v) is 84.6. The molecule has 740 valence electrons. The van der Waals surface area contributed by atoms with Gasteiger partial charge in [-0.2, -0.15) is 15.3 Å². The normalized spacial score (nSPS) is 16.2. The number of nitrogens with zero attached hydrogens (tertiary/aromatic N) is 25. The summed E-state index contributed by atoms with van der Waals surface area (Å²) < 4.78 is 25.2. The van der Waals surface area contributed by atoms with Crippen molar-refractivity contribution >= 4 is 94.4 Å². The number of nitrogens with one attached hydrogen (secondary N) is 2. The maximum atomic E-state index is 12.9. The predicted molar refractivity (Wildman–Crippen MR) is 573 cm³/mol. The van der Waals surface area contributed by atoms with Crippen LogP contribution in [0.25, 0.3) is 134 Å². The average molecular weight is 1970 g/mol. The second kappa shape index (κ2) is 41.1. The smallest absolute Gasteiger partial charge is 0.259 e. The molecule has 17 aromatic heterocycles. The van der Waals surface area contributed by atoms with Crippen LogP contribution in [0.15, 0.2) is 238 Å². The zero-order valence-electron chi connectivity index (χ0n) is 83.7. The van der Waals surface area contributed by atoms with Crippen molar-refractivity contribution in [3.63, 3.8) is 0 Å². The molecule has 0 amide bonds. The Hall–Kier alpha value is -15.9. The number of ether oxygens (including phenoxy) is 2. The molecular formula is C111H113N27O7S. The molecule has 6 aliphatic heterocycles. The summed E-state index contributed by atoms with van der Waals surface area (Å²) in [6.45, 7) is 32.3. The Kier molecular flexibility index (Phi) is 27.1. The highest BCUT2D eigenvalue weighted by Gasteiger charge is 2.37. The van der Waals surface area contributed by atoms with Crippen LogP contribution in [0.2, 0.25) is 0 Å². The molecule has 0 saturated carbocycles. The lowest BCUT2D eigenvalue weighted by atomic mass is 10.0. The molecule has 0 bridgehead atoms. The van der Waals surface area contributed by atoms with E-state index in [-0.39, 0.29) is 27.8 Å². The number of pyridine rings is 4. The number of methoxy groups -OCH3 is 2. The second-order valence-electron chi connectivity index (χ2n) is 38.1. The summed E-state index contributed by atoms with van der Waals surface area (Å²) in [6.07, 6.45) is 30.8. The third-order valence-corrected chi connectivity index (χ3v) is 28.9. The van der Waals surface area contributed by atoms with E-state index in [1.54, 1.807) is 99.3 Å². The maximum absolute atomic E-state index is 12.9. The van der Waals surface area contributed by atoms with E-state index >= 15 is 0 Å². The van der Waals surface area contributed by atoms with Crippen molar-refractivity contribution in [3.05, 3.63) is 327 Å². The fourth-order valence-electron chi connectivity index (χ4n) is 20.2. The van der Waals surface area contributed by atoms with E-state index in [1.807, 2.05) is 165 Å². The molecule has 25 rings (SSSR count). The first-order chi connectivity index (χ1) is 70.8. The van der Waals surface area contributed by atoms with Gasteiger partial charge in [-0.05, 0) is 255 Å². The Bertz CT molecular complexity index is 8830. The molecule has 23 heterocycles. The number of anilines is 1. The molecule has 2 fully saturated rings. The van der Waals surface area contributed by atoms with Crippen molar-refractivity contribution in [3.8, 4) is 68.2 Å². The van der Waals surface area contributed by atoms with Gasteiger partial charge < -0.3 is 29.9 Å². The van der Waals surface area contributed by atoms with Gasteiger partial charge in [0.05, 0.1) is 133 Å². The molecule has 0 aliphatic carbocycles. The molecule has 2 saturated heterocycles. The number of hydrogen-bond donors (Lipinski definition) is 2. The van der Waals surface area contributed by atoms with Crippen LogP contribution in [0.3, 0.4) is 0 Å². The van der Waals surface area contributed by atoms with Crippen molar-refractivity contribution in [1.29, 1.82) is 0 Å². The molecule has 2 N–H and O–H groups in total. The average Bonchev–Trinajstić information content (AvgIpc) is 1.59. The highest BCUT2D eigenvalue weighted by Crippen LogP contribution is 2.36. The number of aromatic nitrogens is 21. The third kappa shape index (κ3) is 20.2. The largest absolute Gasteiger partial charge is 0.493 e. The van der Waals surface area contributed by atoms with Crippen molar-refractivity contribution < 1.29 is 9.47 Å². The summed E-state index contributed by atoms with van der Waals surface area (Å²) in [7, 11) is 5.27. The maximum Gasteiger partial charge on any atom is 0.259 e. The second-order valence-corrected chi connectivity index (χ2v) is 39.3. The molecule has 6 aliphatic rings. The first-order valence-corrected chi connectivity index (χ1v) is 50.4. The number of aryl methyl sites for hydroxylation is 7. The molecule has 2 aromatic carbocycles. The Morgan fingerprint density at radius 2 is 0.842 bits per heavy atom. The van der Waals surface area contributed by atoms with Gasteiger partial charge in [0.2, 0.25) is 5.78 Å². The Balaban J connectivity index is 0.000000107. The van der Waals surface area contributed by atoms with Gasteiger partial charge in [0.25, 0.3) is 27.8 Å². The molecular weight excluding hydrogens is 1860 g/mol. The number of rotatable bonds is 15. The van der Waals surface area contributed by atoms with Gasteiger partial charge in [-0.3, -0.25) is 70.7 Å². The van der Waals surface area contributed by atoms with E-state index in [9.17, 15) is 24.0 Å². The standard InChI is InChI=1S/C24H26N6O.C23H24N6O.C22H22N6O.C22H21N5OS.C20H20N4O3/c1-4-9-28-10-7-18(8-11-28)19-5-6-23-26-20(13-24(31)29(23)15-19)21-12-22-17(3)25-16(2)14-30(22)27-21;1-4-27-9-7-17(8-10-27)18-5-6-22-25-19(12-23(30)28(22)14-18)20-11-21-16(3)24-15(2)13-29(21)26-20;1-14-12-28-20(15(2)23-14)10-19(25-28)18-11-22(29)27-13-17(4-5-21(27)24-18)16-6-8-26(3)9-7-16;1-13-24-19-6-14(2-4-20(19)29-13)18-7-22(28)27-12-17(3-5-21(27)25-18)26-10-15-8-23-9-16(15)11-26;1-26-17-4-3-14(9-18(17)27-2)16-10-19(25)24-12-15(11-22-20(24)23-16)13-5-7-21-8-6-13/h5-7,12-15H,4,8-11H2,1-3H3;5-7,11-14H,4,8-10H2,1-3H3;4-6,10-13H,7-9H2,1-3H3;2-7,12,15-16,23H,8-11H2,1H3;3-5,9-12,21H,6-8H2,1-2H3/t;;;15-,16+;. The number of thiazole rings is 1. The summed E-state index contributed by atoms with van der Waals surface area (Å²) in [5, 5.41) is 21.6. The van der Waals surface area contributed by atoms with Gasteiger partial charge >= 0.3 is 0 Å². The lowest BCUT2D eigenvalue weighted by Crippen LogP contribution is -2.29. The van der Waals surface area contributed by atoms with Crippen molar-refractivity contribution in [2.24, 2.45) is 11.8 Å². The van der Waals surface area contributed by atoms with E-state index in [1.165, 1.54) is 39.2 Å². The summed E-state index contributed by atoms with van der Waals surface area (Å²) in [6, 6.07) is 41.1. The van der Waals surface area contributed by atoms with Crippen LogP contribution in [0.1, 0.15) is 107 Å². The highest BCUT2D eigenvalue weighted by molar-refractivity contribution is 7.18. The third-order valence-electron chi connectivity index (χ3n) is 28.0. The zero-order chi connectivity index (χ0) is 101. The molecule has 0 unspecified atom stereocenters. The lowest BCUT2D eigenvalue weighted by Gasteiger charge is -2.26. The Morgan fingerprint density at radius 1 is 0.397 bits per heavy atom. The van der Waals surface area contributed by atoms with Gasteiger partial charge in [0, 0.05) is 156 Å². The fraction of sp³-hybridized carbons (Fsp3) is 0.297. The molecule has 2 atom stereocenters. The Labute approximate surface area is 843 Å². The van der Waals surface area contributed by atoms with Crippen LogP contribution in [0.4, 0.5) is 5.69 Å². The number of likely N-dealkylation sites (N-methyl/N-ethyl adjacent to an activating group) is 2. The predicted octanol–water partition coefficient (Wildman–Crippen LogP) is 14.5. The highest BCUT2D eigenvalue weighted by atomic mass is 32.1. The van der Waals surface area contributed by atoms with E-state index in [2.05, 4.69) is 145 Å². The summed E-state index contributed by atoms with van der Waals surface area (Å²) in [5.41, 5.74) is 28.1. The van der Waals surface area contributed by atoms with Crippen LogP contribution in [0, 0.1) is 60.3 Å². The molecule has 35 heteroatoms. The minimum absolute atomic E-state index is 0.0533. The van der Waals surface area contributed by atoms with Crippen LogP contribution < -0.4 is 52.8 Å². The van der Waals surface area contributed by atoms with Crippen LogP contribution in [-0.2, 0) is 0 Å². The quantitative estimate of drug-likeness (QED) is 0.0962. The van der Waals surface area contributed by atoms with E-state index < -0.39 is 0 Å². The van der Waals surface area contributed by atoms with Crippen LogP contribution in [-0.4, -0.2) is 228 Å². The SMILES string of the molecule is CCCN1CC=C(c2ccc3nc(-c4cc5c(C)nc(C)cn5n4)cc(=O)n3c2)CC1.CCN1CC=C(c2ccc3nc(-c4cc5c(C)nc(C)cn5n4)cc(=O)n3c2)CC1.COc1ccc(-c2cc(=O)n3cc(C4=CCNCC4)cnc3n2)cc1OC.Cc1cn2nc(-c3cc(=O)n4cc(C5=CCN(C)CC5)ccc4n3)cc2c(C)n1.Cc1nc2cc(-c3cc(=O)n4cc(N5C[C@H]6CNC[C@H]6C5)ccc4n3)ccc2s1. The lowest BCUT2D eigenvalue weighted by molar-refractivity contribution is 0.302. The van der Waals surface area contributed by atoms with Crippen LogP contribution >= 0.6 is 11.3 Å². The van der Waals surface area contributed by atoms with E-state index in [4.69, 9.17) is 29.4 Å². The van der Waals surface area contributed by atoms with E-state index in [0.29, 0.717) is 97.3 Å². The van der Waals surface area contributed by atoms with Gasteiger partial charge in [0.15, 0.2) is 11.5 Å².